The van der Waals surface area contributed by atoms with E-state index in [9.17, 15) is 0 Å². The van der Waals surface area contributed by atoms with Crippen molar-refractivity contribution < 1.29 is 0 Å². The van der Waals surface area contributed by atoms with Gasteiger partial charge in [-0.2, -0.15) is 5.10 Å². The minimum absolute atomic E-state index is 0.605. The van der Waals surface area contributed by atoms with Crippen molar-refractivity contribution in [2.75, 3.05) is 0 Å². The summed E-state index contributed by atoms with van der Waals surface area (Å²) in [5.41, 5.74) is 5.23. The topological polar surface area (TPSA) is 17.8 Å². The molecule has 0 radical (unpaired) electrons. The van der Waals surface area contributed by atoms with Crippen LogP contribution in [-0.2, 0) is 7.05 Å². The first-order valence-corrected chi connectivity index (χ1v) is 8.59. The molecule has 2 heteroatoms. The van der Waals surface area contributed by atoms with Crippen molar-refractivity contribution in [2.24, 2.45) is 18.9 Å². The molecule has 0 amide bonds. The zero-order valence-electron chi connectivity index (χ0n) is 13.8. The Labute approximate surface area is 138 Å². The van der Waals surface area contributed by atoms with Gasteiger partial charge in [0.05, 0.1) is 0 Å². The fourth-order valence-corrected chi connectivity index (χ4v) is 5.07. The number of hydrogen-bond donors (Lipinski definition) is 0. The van der Waals surface area contributed by atoms with Crippen LogP contribution in [0.1, 0.15) is 53.5 Å². The molecule has 2 bridgehead atoms. The Hall–Kier alpha value is -2.09. The van der Waals surface area contributed by atoms with Crippen molar-refractivity contribution in [3.05, 3.63) is 66.0 Å². The van der Waals surface area contributed by atoms with Gasteiger partial charge < -0.3 is 0 Å². The molecule has 118 valence electrons. The number of aromatic nitrogens is 2. The highest BCUT2D eigenvalue weighted by molar-refractivity contribution is 5.64. The Balaban J connectivity index is 1.78. The van der Waals surface area contributed by atoms with Crippen molar-refractivity contribution in [3.8, 4) is 0 Å². The summed E-state index contributed by atoms with van der Waals surface area (Å²) < 4.78 is 2.07. The van der Waals surface area contributed by atoms with Crippen LogP contribution in [0.5, 0.6) is 0 Å². The van der Waals surface area contributed by atoms with Crippen molar-refractivity contribution in [3.63, 3.8) is 0 Å². The van der Waals surface area contributed by atoms with E-state index < -0.39 is 0 Å². The minimum atomic E-state index is 0.605. The van der Waals surface area contributed by atoms with Gasteiger partial charge >= 0.3 is 0 Å². The molecule has 2 aliphatic carbocycles. The molecule has 2 nitrogen and oxygen atoms in total. The fraction of sp³-hybridized carbons (Fsp3) is 0.381. The van der Waals surface area contributed by atoms with Crippen LogP contribution in [0.25, 0.3) is 12.2 Å². The summed E-state index contributed by atoms with van der Waals surface area (Å²) in [6, 6.07) is 9.05. The molecule has 2 aliphatic rings. The molecule has 0 N–H and O–H groups in total. The average Bonchev–Trinajstić information content (AvgIpc) is 3.29. The molecule has 4 atom stereocenters. The number of fused-ring (bicyclic) bond motifs is 2. The lowest BCUT2D eigenvalue weighted by atomic mass is 9.73. The van der Waals surface area contributed by atoms with E-state index in [-0.39, 0.29) is 0 Å². The van der Waals surface area contributed by atoms with Crippen LogP contribution in [0.2, 0.25) is 0 Å². The Bertz CT molecular complexity index is 755. The molecule has 0 aliphatic heterocycles. The van der Waals surface area contributed by atoms with E-state index in [1.54, 1.807) is 0 Å². The monoisotopic (exact) mass is 304 g/mol. The molecule has 2 saturated carbocycles. The zero-order valence-corrected chi connectivity index (χ0v) is 13.8. The molecular formula is C21H24N2. The van der Waals surface area contributed by atoms with Crippen LogP contribution in [0, 0.1) is 11.8 Å². The predicted molar refractivity (Wildman–Crippen MR) is 96.1 cm³/mol. The van der Waals surface area contributed by atoms with Gasteiger partial charge in [0.25, 0.3) is 0 Å². The molecule has 0 saturated heterocycles. The SMILES string of the molecule is C=Cc1ccc(C2C3CCC(C3)C2c2ccnn2C)cc1C=C. The standard InChI is InChI=1S/C21H24N2/c1-4-14-6-7-16(12-15(14)5-2)20-17-8-9-18(13-17)21(20)19-10-11-22-23(19)3/h4-7,10-12,17-18,20-21H,1-2,8-9,13H2,3H3. The van der Waals surface area contributed by atoms with Gasteiger partial charge in [-0.25, -0.2) is 0 Å². The second-order valence-corrected chi connectivity index (χ2v) is 7.06. The highest BCUT2D eigenvalue weighted by Crippen LogP contribution is 2.60. The van der Waals surface area contributed by atoms with Gasteiger partial charge in [0.15, 0.2) is 0 Å². The van der Waals surface area contributed by atoms with Gasteiger partial charge in [-0.1, -0.05) is 43.5 Å². The van der Waals surface area contributed by atoms with E-state index >= 15 is 0 Å². The molecule has 4 rings (SSSR count). The van der Waals surface area contributed by atoms with Crippen molar-refractivity contribution in [1.29, 1.82) is 0 Å². The lowest BCUT2D eigenvalue weighted by Crippen LogP contribution is -2.21. The second kappa shape index (κ2) is 5.52. The summed E-state index contributed by atoms with van der Waals surface area (Å²) in [5, 5.41) is 4.42. The maximum absolute atomic E-state index is 4.42. The van der Waals surface area contributed by atoms with E-state index in [0.717, 1.165) is 11.8 Å². The van der Waals surface area contributed by atoms with Gasteiger partial charge in [-0.05, 0) is 59.8 Å². The Morgan fingerprint density at radius 3 is 2.43 bits per heavy atom. The van der Waals surface area contributed by atoms with E-state index in [1.165, 1.54) is 41.6 Å². The largest absolute Gasteiger partial charge is 0.272 e. The van der Waals surface area contributed by atoms with Crippen LogP contribution >= 0.6 is 0 Å². The first-order valence-electron chi connectivity index (χ1n) is 8.59. The van der Waals surface area contributed by atoms with Gasteiger partial charge in [0.2, 0.25) is 0 Å². The van der Waals surface area contributed by atoms with Crippen LogP contribution in [0.4, 0.5) is 0 Å². The summed E-state index contributed by atoms with van der Waals surface area (Å²) >= 11 is 0. The molecule has 1 aromatic carbocycles. The fourth-order valence-electron chi connectivity index (χ4n) is 5.07. The zero-order chi connectivity index (χ0) is 16.0. The predicted octanol–water partition coefficient (Wildman–Crippen LogP) is 5.00. The second-order valence-electron chi connectivity index (χ2n) is 7.06. The van der Waals surface area contributed by atoms with E-state index in [0.29, 0.717) is 11.8 Å². The van der Waals surface area contributed by atoms with E-state index in [1.807, 2.05) is 18.3 Å². The van der Waals surface area contributed by atoms with Crippen molar-refractivity contribution >= 4 is 12.2 Å². The highest BCUT2D eigenvalue weighted by atomic mass is 15.3. The first kappa shape index (κ1) is 14.5. The summed E-state index contributed by atoms with van der Waals surface area (Å²) in [6.07, 6.45) is 9.92. The first-order chi connectivity index (χ1) is 11.2. The number of aryl methyl sites for hydroxylation is 1. The lowest BCUT2D eigenvalue weighted by molar-refractivity contribution is 0.352. The van der Waals surface area contributed by atoms with Gasteiger partial charge in [0, 0.05) is 24.9 Å². The number of nitrogens with zero attached hydrogens (tertiary/aromatic N) is 2. The molecular weight excluding hydrogens is 280 g/mol. The Morgan fingerprint density at radius 2 is 1.78 bits per heavy atom. The lowest BCUT2D eigenvalue weighted by Gasteiger charge is -2.32. The number of hydrogen-bond acceptors (Lipinski definition) is 1. The Kier molecular flexibility index (Phi) is 3.48. The normalized spacial score (nSPS) is 28.9. The molecule has 4 unspecified atom stereocenters. The number of benzene rings is 1. The van der Waals surface area contributed by atoms with E-state index in [4.69, 9.17) is 0 Å². The Morgan fingerprint density at radius 1 is 1.04 bits per heavy atom. The quantitative estimate of drug-likeness (QED) is 0.777. The van der Waals surface area contributed by atoms with Crippen molar-refractivity contribution in [2.45, 2.75) is 31.1 Å². The minimum Gasteiger partial charge on any atom is -0.272 e. The molecule has 1 heterocycles. The molecule has 23 heavy (non-hydrogen) atoms. The van der Waals surface area contributed by atoms with Crippen LogP contribution < -0.4 is 0 Å². The highest BCUT2D eigenvalue weighted by Gasteiger charge is 2.49. The van der Waals surface area contributed by atoms with Crippen LogP contribution in [-0.4, -0.2) is 9.78 Å². The molecule has 1 aromatic heterocycles. The van der Waals surface area contributed by atoms with Crippen LogP contribution in [0.15, 0.2) is 43.6 Å². The maximum Gasteiger partial charge on any atom is 0.0492 e. The smallest absolute Gasteiger partial charge is 0.0492 e. The third-order valence-corrected chi connectivity index (χ3v) is 6.05. The average molecular weight is 304 g/mol. The summed E-state index contributed by atoms with van der Waals surface area (Å²) in [5.74, 6) is 2.84. The third kappa shape index (κ3) is 2.20. The molecule has 2 fully saturated rings. The van der Waals surface area contributed by atoms with Crippen LogP contribution in [0.3, 0.4) is 0 Å². The summed E-state index contributed by atoms with van der Waals surface area (Å²) in [6.45, 7) is 7.89. The third-order valence-electron chi connectivity index (χ3n) is 6.05. The molecule has 0 spiro atoms. The maximum atomic E-state index is 4.42. The summed E-state index contributed by atoms with van der Waals surface area (Å²) in [4.78, 5) is 0. The molecule has 2 aromatic rings. The van der Waals surface area contributed by atoms with Gasteiger partial charge in [0.1, 0.15) is 0 Å². The van der Waals surface area contributed by atoms with E-state index in [2.05, 4.69) is 54.3 Å². The van der Waals surface area contributed by atoms with Crippen molar-refractivity contribution in [1.82, 2.24) is 9.78 Å². The van der Waals surface area contributed by atoms with Gasteiger partial charge in [-0.3, -0.25) is 4.68 Å². The van der Waals surface area contributed by atoms with Gasteiger partial charge in [-0.15, -0.1) is 0 Å². The number of rotatable bonds is 4. The summed E-state index contributed by atoms with van der Waals surface area (Å²) in [7, 11) is 2.08.